The molecule has 0 amide bonds. The summed E-state index contributed by atoms with van der Waals surface area (Å²) in [5, 5.41) is 9.86. The van der Waals surface area contributed by atoms with Crippen LogP contribution >= 0.6 is 11.8 Å². The Morgan fingerprint density at radius 3 is 2.71 bits per heavy atom. The van der Waals surface area contributed by atoms with Gasteiger partial charge in [-0.05, 0) is 12.5 Å². The molecule has 0 radical (unpaired) electrons. The molecule has 0 unspecified atom stereocenters. The molecule has 0 aliphatic carbocycles. The molecular weight excluding hydrogens is 322 g/mol. The van der Waals surface area contributed by atoms with E-state index in [0.717, 1.165) is 62.9 Å². The van der Waals surface area contributed by atoms with Gasteiger partial charge in [-0.25, -0.2) is 0 Å². The van der Waals surface area contributed by atoms with Gasteiger partial charge in [0.2, 0.25) is 0 Å². The van der Waals surface area contributed by atoms with Crippen LogP contribution in [-0.2, 0) is 11.4 Å². The number of aromatic nitrogens is 3. The van der Waals surface area contributed by atoms with E-state index in [9.17, 15) is 0 Å². The van der Waals surface area contributed by atoms with Gasteiger partial charge in [0.1, 0.15) is 0 Å². The molecular formula is C17H23N5OS. The summed E-state index contributed by atoms with van der Waals surface area (Å²) in [5.41, 5.74) is 2.41. The van der Waals surface area contributed by atoms with Crippen LogP contribution in [0.4, 0.5) is 0 Å². The Balaban J connectivity index is 1.46. The number of nitrogens with zero attached hydrogens (tertiary/aromatic N) is 5. The maximum atomic E-state index is 5.42. The lowest BCUT2D eigenvalue weighted by Crippen LogP contribution is -2.42. The van der Waals surface area contributed by atoms with Gasteiger partial charge in [0, 0.05) is 31.7 Å². The van der Waals surface area contributed by atoms with Crippen LogP contribution in [0.5, 0.6) is 0 Å². The van der Waals surface area contributed by atoms with Gasteiger partial charge >= 0.3 is 0 Å². The van der Waals surface area contributed by atoms with E-state index < -0.39 is 0 Å². The molecule has 0 saturated carbocycles. The second-order valence-corrected chi connectivity index (χ2v) is 7.22. The molecule has 0 atom stereocenters. The Kier molecular flexibility index (Phi) is 4.84. The van der Waals surface area contributed by atoms with E-state index >= 15 is 0 Å². The van der Waals surface area contributed by atoms with Gasteiger partial charge < -0.3 is 4.74 Å². The fourth-order valence-electron chi connectivity index (χ4n) is 3.18. The quantitative estimate of drug-likeness (QED) is 0.844. The van der Waals surface area contributed by atoms with Crippen molar-refractivity contribution in [2.75, 3.05) is 45.3 Å². The topological polar surface area (TPSA) is 46.4 Å². The lowest BCUT2D eigenvalue weighted by molar-refractivity contribution is 0.0325. The summed E-state index contributed by atoms with van der Waals surface area (Å²) in [5.74, 6) is 1.96. The highest BCUT2D eigenvalue weighted by Gasteiger charge is 2.23. The van der Waals surface area contributed by atoms with Crippen LogP contribution in [0.3, 0.4) is 0 Å². The van der Waals surface area contributed by atoms with Crippen molar-refractivity contribution in [2.24, 2.45) is 0 Å². The van der Waals surface area contributed by atoms with Crippen LogP contribution < -0.4 is 0 Å². The first-order chi connectivity index (χ1) is 11.8. The molecule has 24 heavy (non-hydrogen) atoms. The van der Waals surface area contributed by atoms with Crippen LogP contribution in [0.1, 0.15) is 5.56 Å². The van der Waals surface area contributed by atoms with Crippen LogP contribution in [0.15, 0.2) is 29.4 Å². The molecule has 0 bridgehead atoms. The average Bonchev–Trinajstić information content (AvgIpc) is 3.04. The minimum atomic E-state index is 0.863. The first-order valence-electron chi connectivity index (χ1n) is 8.46. The van der Waals surface area contributed by atoms with Crippen LogP contribution in [0.25, 0.3) is 11.4 Å². The normalized spacial score (nSPS) is 19.4. The number of morpholine rings is 1. The van der Waals surface area contributed by atoms with Crippen molar-refractivity contribution in [3.8, 4) is 11.4 Å². The summed E-state index contributed by atoms with van der Waals surface area (Å²) < 4.78 is 7.67. The van der Waals surface area contributed by atoms with Gasteiger partial charge in [-0.2, -0.15) is 0 Å². The molecule has 2 aliphatic heterocycles. The van der Waals surface area contributed by atoms with E-state index in [1.807, 2.05) is 0 Å². The van der Waals surface area contributed by atoms with E-state index in [2.05, 4.69) is 55.8 Å². The first kappa shape index (κ1) is 16.1. The van der Waals surface area contributed by atoms with Crippen molar-refractivity contribution < 1.29 is 4.74 Å². The lowest BCUT2D eigenvalue weighted by Gasteiger charge is -2.32. The van der Waals surface area contributed by atoms with E-state index in [-0.39, 0.29) is 0 Å². The maximum Gasteiger partial charge on any atom is 0.193 e. The number of benzene rings is 1. The van der Waals surface area contributed by atoms with Gasteiger partial charge in [-0.15, -0.1) is 10.2 Å². The summed E-state index contributed by atoms with van der Waals surface area (Å²) in [6.07, 6.45) is 0. The standard InChI is InChI=1S/C17H23N5OS/c1-14-4-2-3-5-15(14)16-18-19-17-22(16)12-21(13-24-17)7-6-20-8-10-23-11-9-20/h2-5H,6-13H2,1H3. The molecule has 128 valence electrons. The molecule has 6 nitrogen and oxygen atoms in total. The molecule has 3 heterocycles. The molecule has 7 heteroatoms. The van der Waals surface area contributed by atoms with Gasteiger partial charge in [-0.3, -0.25) is 14.4 Å². The molecule has 1 aromatic carbocycles. The highest BCUT2D eigenvalue weighted by molar-refractivity contribution is 7.99. The number of fused-ring (bicyclic) bond motifs is 1. The molecule has 4 rings (SSSR count). The number of hydrogen-bond acceptors (Lipinski definition) is 6. The van der Waals surface area contributed by atoms with E-state index in [1.165, 1.54) is 11.1 Å². The second kappa shape index (κ2) is 7.23. The fourth-order valence-corrected chi connectivity index (χ4v) is 4.09. The van der Waals surface area contributed by atoms with Gasteiger partial charge in [-0.1, -0.05) is 36.0 Å². The highest BCUT2D eigenvalue weighted by atomic mass is 32.2. The molecule has 0 spiro atoms. The minimum absolute atomic E-state index is 0.863. The summed E-state index contributed by atoms with van der Waals surface area (Å²) in [7, 11) is 0. The first-order valence-corrected chi connectivity index (χ1v) is 9.44. The number of ether oxygens (including phenoxy) is 1. The Hall–Kier alpha value is -1.41. The third kappa shape index (κ3) is 3.35. The third-order valence-corrected chi connectivity index (χ3v) is 5.71. The summed E-state index contributed by atoms with van der Waals surface area (Å²) in [4.78, 5) is 4.95. The molecule has 1 fully saturated rings. The minimum Gasteiger partial charge on any atom is -0.379 e. The average molecular weight is 345 g/mol. The van der Waals surface area contributed by atoms with Crippen LogP contribution in [-0.4, -0.2) is 69.8 Å². The molecule has 1 aromatic heterocycles. The molecule has 1 saturated heterocycles. The molecule has 2 aliphatic rings. The lowest BCUT2D eigenvalue weighted by atomic mass is 10.1. The van der Waals surface area contributed by atoms with Crippen LogP contribution in [0, 0.1) is 6.92 Å². The van der Waals surface area contributed by atoms with Crippen molar-refractivity contribution in [3.63, 3.8) is 0 Å². The zero-order valence-electron chi connectivity index (χ0n) is 14.0. The Bertz CT molecular complexity index is 698. The number of hydrogen-bond donors (Lipinski definition) is 0. The van der Waals surface area contributed by atoms with Gasteiger partial charge in [0.05, 0.1) is 25.8 Å². The zero-order chi connectivity index (χ0) is 16.4. The Labute approximate surface area is 146 Å². The summed E-state index contributed by atoms with van der Waals surface area (Å²) in [6, 6.07) is 8.39. The number of thioether (sulfide) groups is 1. The predicted molar refractivity (Wildman–Crippen MR) is 94.9 cm³/mol. The Morgan fingerprint density at radius 2 is 1.88 bits per heavy atom. The zero-order valence-corrected chi connectivity index (χ0v) is 14.8. The number of aryl methyl sites for hydroxylation is 1. The van der Waals surface area contributed by atoms with Crippen molar-refractivity contribution in [1.82, 2.24) is 24.6 Å². The fraction of sp³-hybridized carbons (Fsp3) is 0.529. The van der Waals surface area contributed by atoms with Crippen molar-refractivity contribution in [3.05, 3.63) is 29.8 Å². The van der Waals surface area contributed by atoms with Crippen LogP contribution in [0.2, 0.25) is 0 Å². The highest BCUT2D eigenvalue weighted by Crippen LogP contribution is 2.30. The largest absolute Gasteiger partial charge is 0.379 e. The molecule has 0 N–H and O–H groups in total. The predicted octanol–water partition coefficient (Wildman–Crippen LogP) is 1.91. The maximum absolute atomic E-state index is 5.42. The summed E-state index contributed by atoms with van der Waals surface area (Å²) in [6.45, 7) is 8.98. The second-order valence-electron chi connectivity index (χ2n) is 6.31. The van der Waals surface area contributed by atoms with Gasteiger partial charge in [0.25, 0.3) is 0 Å². The molecule has 2 aromatic rings. The number of rotatable bonds is 4. The van der Waals surface area contributed by atoms with Crippen molar-refractivity contribution in [1.29, 1.82) is 0 Å². The van der Waals surface area contributed by atoms with E-state index in [0.29, 0.717) is 0 Å². The van der Waals surface area contributed by atoms with E-state index in [4.69, 9.17) is 4.74 Å². The van der Waals surface area contributed by atoms with E-state index in [1.54, 1.807) is 11.8 Å². The summed E-state index contributed by atoms with van der Waals surface area (Å²) >= 11 is 1.78. The smallest absolute Gasteiger partial charge is 0.193 e. The van der Waals surface area contributed by atoms with Crippen molar-refractivity contribution in [2.45, 2.75) is 18.7 Å². The third-order valence-electron chi connectivity index (χ3n) is 4.66. The monoisotopic (exact) mass is 345 g/mol. The Morgan fingerprint density at radius 1 is 1.08 bits per heavy atom. The van der Waals surface area contributed by atoms with Crippen molar-refractivity contribution >= 4 is 11.8 Å². The van der Waals surface area contributed by atoms with Gasteiger partial charge in [0.15, 0.2) is 11.0 Å². The SMILES string of the molecule is Cc1ccccc1-c1nnc2n1CN(CCN1CCOCC1)CS2.